The minimum Gasteiger partial charge on any atom is -0.481 e. The molecule has 1 aromatic carbocycles. The van der Waals surface area contributed by atoms with Crippen molar-refractivity contribution in [2.24, 2.45) is 5.73 Å². The lowest BCUT2D eigenvalue weighted by molar-refractivity contribution is -0.143. The first-order chi connectivity index (χ1) is 39.4. The van der Waals surface area contributed by atoms with Crippen LogP contribution in [-0.4, -0.2) is 231 Å². The number of carbonyl (C=O) groups excluding carboxylic acids is 6. The van der Waals surface area contributed by atoms with Crippen LogP contribution >= 0.6 is 0 Å². The molecule has 1 aliphatic heterocycles. The highest BCUT2D eigenvalue weighted by atomic mass is 16.4. The van der Waals surface area contributed by atoms with E-state index in [-0.39, 0.29) is 103 Å². The van der Waals surface area contributed by atoms with Crippen molar-refractivity contribution >= 4 is 77.3 Å². The van der Waals surface area contributed by atoms with E-state index in [1.807, 2.05) is 5.32 Å². The second kappa shape index (κ2) is 40.1. The Balaban J connectivity index is 1.93. The Hall–Kier alpha value is -8.19. The first-order valence-electron chi connectivity index (χ1n) is 27.6. The van der Waals surface area contributed by atoms with Crippen molar-refractivity contribution in [1.29, 1.82) is 5.41 Å². The summed E-state index contributed by atoms with van der Waals surface area (Å²) in [6, 6.07) is 0.669. The number of rotatable bonds is 41. The van der Waals surface area contributed by atoms with Gasteiger partial charge in [0.15, 0.2) is 5.96 Å². The average Bonchev–Trinajstić information content (AvgIpc) is 3.59. The van der Waals surface area contributed by atoms with E-state index in [0.29, 0.717) is 83.4 Å². The summed E-state index contributed by atoms with van der Waals surface area (Å²) >= 11 is 0. The van der Waals surface area contributed by atoms with Crippen LogP contribution in [0.4, 0.5) is 4.79 Å². The van der Waals surface area contributed by atoms with Crippen LogP contribution in [0.2, 0.25) is 0 Å². The number of guanidine groups is 1. The predicted molar refractivity (Wildman–Crippen MR) is 296 cm³/mol. The standard InChI is InChI=1S/C52H83N13O18/c53-51(54)57-23-11-15-35(46(75)60-36(48(77)78)14-8-10-22-56-42(68)31-63-24-26-64(32-44(71)72)28-29-65(27-25-63)33-45(73)74)59-47(76)39(30-34-12-5-4-6-13-34)58-41(67)16-7-2-1-3-9-21-55-40(66)19-17-37(49(79)80)61-52(83)62-38(50(81)82)18-20-43(69)70/h4-6,12-13,35-39H,1-3,7-11,14-33H2,(H,55,66)(H,56,68)(H,58,67)(H,59,76)(H,60,75)(H,69,70)(H,71,72)(H,73,74)(H,77,78)(H,79,80)(H,81,82)(H4,53,54,57)(H2,61,62,83)/t35-,36-,37?,38?,39-/m0/s1. The van der Waals surface area contributed by atoms with E-state index in [9.17, 15) is 83.1 Å². The Morgan fingerprint density at radius 3 is 1.41 bits per heavy atom. The fourth-order valence-electron chi connectivity index (χ4n) is 8.60. The molecule has 17 N–H and O–H groups in total. The summed E-state index contributed by atoms with van der Waals surface area (Å²) in [5.74, 6) is -10.8. The number of hydrogen-bond donors (Lipinski definition) is 16. The van der Waals surface area contributed by atoms with Gasteiger partial charge in [0.25, 0.3) is 0 Å². The maximum absolute atomic E-state index is 14.0. The second-order valence-electron chi connectivity index (χ2n) is 20.0. The van der Waals surface area contributed by atoms with Crippen LogP contribution in [0.15, 0.2) is 30.3 Å². The molecule has 0 bridgehead atoms. The van der Waals surface area contributed by atoms with Gasteiger partial charge < -0.3 is 78.9 Å². The average molecular weight is 1180 g/mol. The lowest BCUT2D eigenvalue weighted by Gasteiger charge is -2.25. The van der Waals surface area contributed by atoms with Gasteiger partial charge >= 0.3 is 41.8 Å². The Kier molecular flexibility index (Phi) is 34.2. The zero-order valence-electron chi connectivity index (χ0n) is 46.6. The zero-order chi connectivity index (χ0) is 61.7. The van der Waals surface area contributed by atoms with Crippen LogP contribution in [0.5, 0.6) is 0 Å². The van der Waals surface area contributed by atoms with Gasteiger partial charge in [-0.25, -0.2) is 19.2 Å². The molecule has 31 heteroatoms. The van der Waals surface area contributed by atoms with Crippen molar-refractivity contribution < 1.29 is 88.2 Å². The normalized spacial score (nSPS) is 14.9. The highest BCUT2D eigenvalue weighted by molar-refractivity contribution is 5.93. The number of nitrogens with two attached hydrogens (primary N) is 1. The number of hydrogen-bond acceptors (Lipinski definition) is 16. The van der Waals surface area contributed by atoms with E-state index in [2.05, 4.69) is 37.2 Å². The lowest BCUT2D eigenvalue weighted by atomic mass is 10.0. The highest BCUT2D eigenvalue weighted by Crippen LogP contribution is 2.11. The molecule has 2 rings (SSSR count). The molecule has 1 fully saturated rings. The number of aliphatic carboxylic acids is 6. The first-order valence-corrected chi connectivity index (χ1v) is 27.6. The molecule has 5 atom stereocenters. The fourth-order valence-corrected chi connectivity index (χ4v) is 8.60. The number of amides is 7. The van der Waals surface area contributed by atoms with E-state index in [1.54, 1.807) is 45.0 Å². The Morgan fingerprint density at radius 1 is 0.434 bits per heavy atom. The van der Waals surface area contributed by atoms with Crippen LogP contribution in [0.3, 0.4) is 0 Å². The number of unbranched alkanes of at least 4 members (excludes halogenated alkanes) is 5. The molecule has 0 saturated carbocycles. The number of urea groups is 1. The van der Waals surface area contributed by atoms with Crippen molar-refractivity contribution in [3.05, 3.63) is 35.9 Å². The minimum atomic E-state index is -1.58. The number of carboxylic acids is 6. The van der Waals surface area contributed by atoms with E-state index >= 15 is 0 Å². The van der Waals surface area contributed by atoms with Crippen molar-refractivity contribution in [3.63, 3.8) is 0 Å². The second-order valence-corrected chi connectivity index (χ2v) is 20.0. The summed E-state index contributed by atoms with van der Waals surface area (Å²) in [5.41, 5.74) is 6.12. The Bertz CT molecular complexity index is 2290. The number of benzene rings is 1. The molecule has 7 amide bonds. The predicted octanol–water partition coefficient (Wildman–Crippen LogP) is -2.29. The van der Waals surface area contributed by atoms with Crippen LogP contribution in [-0.2, 0) is 59.2 Å². The van der Waals surface area contributed by atoms with Gasteiger partial charge in [-0.1, -0.05) is 49.6 Å². The van der Waals surface area contributed by atoms with Gasteiger partial charge in [-0.05, 0) is 63.4 Å². The molecule has 0 radical (unpaired) electrons. The van der Waals surface area contributed by atoms with E-state index in [0.717, 1.165) is 0 Å². The number of carboxylic acid groups (broad SMARTS) is 6. The quantitative estimate of drug-likeness (QED) is 0.0186. The van der Waals surface area contributed by atoms with Gasteiger partial charge in [0.2, 0.25) is 29.5 Å². The fraction of sp³-hybridized carbons (Fsp3) is 0.635. The Morgan fingerprint density at radius 2 is 0.880 bits per heavy atom. The van der Waals surface area contributed by atoms with E-state index in [4.69, 9.17) is 16.2 Å². The third-order valence-electron chi connectivity index (χ3n) is 13.1. The molecule has 0 aliphatic carbocycles. The van der Waals surface area contributed by atoms with E-state index in [1.165, 1.54) is 0 Å². The zero-order valence-corrected chi connectivity index (χ0v) is 46.6. The first kappa shape index (κ1) is 70.9. The third kappa shape index (κ3) is 33.4. The third-order valence-corrected chi connectivity index (χ3v) is 13.1. The van der Waals surface area contributed by atoms with Crippen LogP contribution in [0.1, 0.15) is 102 Å². The van der Waals surface area contributed by atoms with Crippen molar-refractivity contribution in [1.82, 2.24) is 57.2 Å². The van der Waals surface area contributed by atoms with Crippen molar-refractivity contribution in [2.45, 2.75) is 133 Å². The number of nitrogens with one attached hydrogen (secondary N) is 9. The van der Waals surface area contributed by atoms with Crippen molar-refractivity contribution in [2.75, 3.05) is 78.5 Å². The highest BCUT2D eigenvalue weighted by Gasteiger charge is 2.31. The topological polar surface area (TPSA) is 482 Å². The van der Waals surface area contributed by atoms with Gasteiger partial charge in [0.05, 0.1) is 19.6 Å². The molecule has 0 aromatic heterocycles. The van der Waals surface area contributed by atoms with Gasteiger partial charge in [-0.15, -0.1) is 0 Å². The lowest BCUT2D eigenvalue weighted by Crippen LogP contribution is -2.56. The van der Waals surface area contributed by atoms with Crippen LogP contribution < -0.4 is 48.3 Å². The van der Waals surface area contributed by atoms with Crippen LogP contribution in [0, 0.1) is 5.41 Å². The van der Waals surface area contributed by atoms with Gasteiger partial charge in [-0.3, -0.25) is 58.5 Å². The summed E-state index contributed by atoms with van der Waals surface area (Å²) in [4.78, 5) is 153. The molecule has 83 heavy (non-hydrogen) atoms. The molecule has 1 aliphatic rings. The SMILES string of the molecule is N=C(N)NCCC[C@H](NC(=O)[C@H](Cc1ccccc1)NC(=O)CCCCCCCNC(=O)CCC(NC(=O)NC(CCC(=O)O)C(=O)O)C(=O)O)C(=O)N[C@@H](CCCCNC(=O)CN1CCN(CC(=O)O)CCN(CC(=O)O)CC1)C(=O)O. The van der Waals surface area contributed by atoms with Crippen LogP contribution in [0.25, 0.3) is 0 Å². The summed E-state index contributed by atoms with van der Waals surface area (Å²) in [6.07, 6.45) is 2.12. The number of carbonyl (C=O) groups is 12. The molecule has 1 saturated heterocycles. The minimum absolute atomic E-state index is 0.0152. The molecular weight excluding hydrogens is 1090 g/mol. The maximum Gasteiger partial charge on any atom is 0.326 e. The van der Waals surface area contributed by atoms with E-state index < -0.39 is 109 Å². The molecule has 31 nitrogen and oxygen atoms in total. The summed E-state index contributed by atoms with van der Waals surface area (Å²) in [6.45, 7) is 2.12. The molecular formula is C52H83N13O18. The van der Waals surface area contributed by atoms with Gasteiger partial charge in [-0.2, -0.15) is 0 Å². The smallest absolute Gasteiger partial charge is 0.326 e. The molecule has 0 spiro atoms. The van der Waals surface area contributed by atoms with Gasteiger partial charge in [0.1, 0.15) is 30.2 Å². The molecule has 1 heterocycles. The molecule has 1 aromatic rings. The summed E-state index contributed by atoms with van der Waals surface area (Å²) < 4.78 is 0. The van der Waals surface area contributed by atoms with Gasteiger partial charge in [0, 0.05) is 84.6 Å². The largest absolute Gasteiger partial charge is 0.481 e. The summed E-state index contributed by atoms with van der Waals surface area (Å²) in [7, 11) is 0. The monoisotopic (exact) mass is 1180 g/mol. The summed E-state index contributed by atoms with van der Waals surface area (Å²) in [5, 5.41) is 83.9. The molecule has 464 valence electrons. The van der Waals surface area contributed by atoms with Crippen molar-refractivity contribution in [3.8, 4) is 0 Å². The Labute approximate surface area is 480 Å². The maximum atomic E-state index is 14.0. The number of nitrogens with zero attached hydrogens (tertiary/aromatic N) is 3. The molecule has 2 unspecified atom stereocenters.